The Hall–Kier alpha value is -2.01. The molecule has 1 aromatic carbocycles. The highest BCUT2D eigenvalue weighted by Crippen LogP contribution is 2.24. The van der Waals surface area contributed by atoms with Gasteiger partial charge in [0.05, 0.1) is 16.5 Å². The summed E-state index contributed by atoms with van der Waals surface area (Å²) in [5.41, 5.74) is 0.584. The summed E-state index contributed by atoms with van der Waals surface area (Å²) < 4.78 is 0. The van der Waals surface area contributed by atoms with Crippen molar-refractivity contribution in [3.63, 3.8) is 0 Å². The molecule has 0 aliphatic rings. The van der Waals surface area contributed by atoms with E-state index in [1.807, 2.05) is 0 Å². The minimum atomic E-state index is -1.12. The van der Waals surface area contributed by atoms with Crippen LogP contribution in [0.3, 0.4) is 0 Å². The molecule has 0 saturated carbocycles. The van der Waals surface area contributed by atoms with Gasteiger partial charge in [0.15, 0.2) is 0 Å². The fourth-order valence-corrected chi connectivity index (χ4v) is 1.92. The summed E-state index contributed by atoms with van der Waals surface area (Å²) in [5, 5.41) is 18.2. The lowest BCUT2D eigenvalue weighted by atomic mass is 10.1. The van der Waals surface area contributed by atoms with Crippen LogP contribution in [0.2, 0.25) is 5.02 Å². The van der Waals surface area contributed by atoms with Crippen LogP contribution >= 0.6 is 11.6 Å². The third-order valence-corrected chi connectivity index (χ3v) is 3.14. The summed E-state index contributed by atoms with van der Waals surface area (Å²) >= 11 is 5.82. The number of aliphatic carboxylic acids is 1. The highest BCUT2D eigenvalue weighted by molar-refractivity contribution is 6.33. The van der Waals surface area contributed by atoms with E-state index in [0.717, 1.165) is 0 Å². The monoisotopic (exact) mass is 297 g/mol. The van der Waals surface area contributed by atoms with Crippen molar-refractivity contribution in [2.24, 2.45) is 5.92 Å². The zero-order chi connectivity index (χ0) is 15.3. The smallest absolute Gasteiger partial charge is 0.337 e. The number of benzene rings is 1. The normalized spacial score (nSPS) is 11.7. The van der Waals surface area contributed by atoms with E-state index in [2.05, 4.69) is 6.58 Å². The van der Waals surface area contributed by atoms with Crippen molar-refractivity contribution in [1.29, 1.82) is 0 Å². The van der Waals surface area contributed by atoms with Crippen molar-refractivity contribution in [3.05, 3.63) is 41.4 Å². The predicted octanol–water partition coefficient (Wildman–Crippen LogP) is 2.75. The van der Waals surface area contributed by atoms with Crippen LogP contribution in [0.1, 0.15) is 17.3 Å². The molecule has 1 unspecified atom stereocenters. The minimum Gasteiger partial charge on any atom is -0.481 e. The first kappa shape index (κ1) is 16.0. The summed E-state index contributed by atoms with van der Waals surface area (Å²) in [6.45, 7) is 5.88. The zero-order valence-corrected chi connectivity index (χ0v) is 11.8. The quantitative estimate of drug-likeness (QED) is 0.757. The molecule has 2 N–H and O–H groups in total. The molecule has 0 amide bonds. The van der Waals surface area contributed by atoms with Crippen LogP contribution in [-0.4, -0.2) is 35.2 Å². The predicted molar refractivity (Wildman–Crippen MR) is 77.6 cm³/mol. The molecule has 20 heavy (non-hydrogen) atoms. The van der Waals surface area contributed by atoms with E-state index >= 15 is 0 Å². The van der Waals surface area contributed by atoms with Gasteiger partial charge in [-0.05, 0) is 18.2 Å². The molecule has 6 heteroatoms. The maximum absolute atomic E-state index is 11.1. The second kappa shape index (κ2) is 6.96. The third kappa shape index (κ3) is 3.99. The number of anilines is 1. The van der Waals surface area contributed by atoms with E-state index in [1.165, 1.54) is 12.1 Å². The van der Waals surface area contributed by atoms with Gasteiger partial charge in [0.2, 0.25) is 0 Å². The average molecular weight is 298 g/mol. The van der Waals surface area contributed by atoms with Crippen LogP contribution < -0.4 is 4.90 Å². The van der Waals surface area contributed by atoms with Gasteiger partial charge < -0.3 is 15.1 Å². The average Bonchev–Trinajstić information content (AvgIpc) is 2.38. The van der Waals surface area contributed by atoms with Crippen molar-refractivity contribution >= 4 is 29.2 Å². The Balaban J connectivity index is 3.08. The summed E-state index contributed by atoms with van der Waals surface area (Å²) in [6, 6.07) is 4.58. The molecule has 0 aromatic heterocycles. The van der Waals surface area contributed by atoms with Gasteiger partial charge in [-0.3, -0.25) is 4.79 Å². The Morgan fingerprint density at radius 2 is 2.10 bits per heavy atom. The zero-order valence-electron chi connectivity index (χ0n) is 11.0. The number of halogens is 1. The molecule has 108 valence electrons. The Morgan fingerprint density at radius 3 is 2.60 bits per heavy atom. The number of carbonyl (C=O) groups is 2. The number of nitrogens with zero attached hydrogens (tertiary/aromatic N) is 1. The van der Waals surface area contributed by atoms with Crippen molar-refractivity contribution in [2.75, 3.05) is 18.0 Å². The first-order valence-electron chi connectivity index (χ1n) is 5.98. The molecule has 1 atom stereocenters. The first-order chi connectivity index (χ1) is 9.36. The Bertz CT molecular complexity index is 530. The van der Waals surface area contributed by atoms with Gasteiger partial charge in [0.1, 0.15) is 0 Å². The molecule has 1 rings (SSSR count). The minimum absolute atomic E-state index is 0.0128. The van der Waals surface area contributed by atoms with Crippen molar-refractivity contribution < 1.29 is 19.8 Å². The Morgan fingerprint density at radius 1 is 1.45 bits per heavy atom. The van der Waals surface area contributed by atoms with Crippen LogP contribution in [0.15, 0.2) is 30.9 Å². The van der Waals surface area contributed by atoms with Gasteiger partial charge in [-0.2, -0.15) is 0 Å². The summed E-state index contributed by atoms with van der Waals surface area (Å²) in [6.07, 6.45) is 1.63. The van der Waals surface area contributed by atoms with Crippen LogP contribution in [0.5, 0.6) is 0 Å². The molecular formula is C14H16ClNO4. The van der Waals surface area contributed by atoms with E-state index in [9.17, 15) is 9.59 Å². The molecule has 0 saturated heterocycles. The number of carboxylic acids is 2. The summed E-state index contributed by atoms with van der Waals surface area (Å²) in [4.78, 5) is 23.7. The van der Waals surface area contributed by atoms with Crippen LogP contribution in [0, 0.1) is 5.92 Å². The molecule has 0 bridgehead atoms. The molecule has 0 aliphatic heterocycles. The highest BCUT2D eigenvalue weighted by Gasteiger charge is 2.18. The molecule has 0 spiro atoms. The lowest BCUT2D eigenvalue weighted by Crippen LogP contribution is -2.32. The second-order valence-corrected chi connectivity index (χ2v) is 4.81. The summed E-state index contributed by atoms with van der Waals surface area (Å²) in [7, 11) is 0. The molecule has 0 aliphatic carbocycles. The Kier molecular flexibility index (Phi) is 5.58. The molecule has 0 radical (unpaired) electrons. The van der Waals surface area contributed by atoms with Crippen LogP contribution in [-0.2, 0) is 4.79 Å². The number of aromatic carboxylic acids is 1. The van der Waals surface area contributed by atoms with Gasteiger partial charge in [-0.15, -0.1) is 6.58 Å². The number of hydrogen-bond acceptors (Lipinski definition) is 3. The number of hydrogen-bond donors (Lipinski definition) is 2. The number of rotatable bonds is 7. The maximum atomic E-state index is 11.1. The first-order valence-corrected chi connectivity index (χ1v) is 6.36. The largest absolute Gasteiger partial charge is 0.481 e. The van der Waals surface area contributed by atoms with Crippen LogP contribution in [0.4, 0.5) is 5.69 Å². The topological polar surface area (TPSA) is 77.8 Å². The fourth-order valence-electron chi connectivity index (χ4n) is 1.72. The summed E-state index contributed by atoms with van der Waals surface area (Å²) in [5.74, 6) is -2.62. The van der Waals surface area contributed by atoms with E-state index < -0.39 is 17.9 Å². The molecule has 0 fully saturated rings. The second-order valence-electron chi connectivity index (χ2n) is 4.40. The lowest BCUT2D eigenvalue weighted by molar-refractivity contribution is -0.140. The molecular weight excluding hydrogens is 282 g/mol. The van der Waals surface area contributed by atoms with Gasteiger partial charge in [-0.25, -0.2) is 4.79 Å². The van der Waals surface area contributed by atoms with Crippen molar-refractivity contribution in [3.8, 4) is 0 Å². The van der Waals surface area contributed by atoms with E-state index in [1.54, 1.807) is 24.0 Å². The lowest BCUT2D eigenvalue weighted by Gasteiger charge is -2.25. The maximum Gasteiger partial charge on any atom is 0.337 e. The van der Waals surface area contributed by atoms with Gasteiger partial charge >= 0.3 is 11.9 Å². The van der Waals surface area contributed by atoms with Crippen LogP contribution in [0.25, 0.3) is 0 Å². The van der Waals surface area contributed by atoms with Gasteiger partial charge in [0, 0.05) is 18.8 Å². The van der Waals surface area contributed by atoms with Gasteiger partial charge in [-0.1, -0.05) is 24.6 Å². The third-order valence-electron chi connectivity index (χ3n) is 2.81. The SMILES string of the molecule is C=CCN(CC(C)C(=O)O)c1ccc(Cl)c(C(=O)O)c1. The fraction of sp³-hybridized carbons (Fsp3) is 0.286. The van der Waals surface area contributed by atoms with Crippen molar-refractivity contribution in [2.45, 2.75) is 6.92 Å². The Labute approximate surface area is 122 Å². The number of carboxylic acid groups (broad SMARTS) is 2. The van der Waals surface area contributed by atoms with Crippen molar-refractivity contribution in [1.82, 2.24) is 0 Å². The standard InChI is InChI=1S/C14H16ClNO4/c1-3-6-16(8-9(2)13(17)18)10-4-5-12(15)11(7-10)14(19)20/h3-5,7,9H,1,6,8H2,2H3,(H,17,18)(H,19,20). The van der Waals surface area contributed by atoms with E-state index in [4.69, 9.17) is 21.8 Å². The van der Waals surface area contributed by atoms with E-state index in [-0.39, 0.29) is 17.1 Å². The van der Waals surface area contributed by atoms with Gasteiger partial charge in [0.25, 0.3) is 0 Å². The van der Waals surface area contributed by atoms with E-state index in [0.29, 0.717) is 12.2 Å². The highest BCUT2D eigenvalue weighted by atomic mass is 35.5. The molecule has 0 heterocycles. The molecule has 5 nitrogen and oxygen atoms in total. The molecule has 1 aromatic rings.